The molecule has 1 aromatic carbocycles. The standard InChI is InChI=1S/C15H17N3O3/c1-16-14-6-4-5-11(18-14)15(19)17-10-7-8-12(20-2)13(9-10)21-3/h4-9H,1-3H3,(H,16,18)(H,17,19). The van der Waals surface area contributed by atoms with Crippen LogP contribution in [0.25, 0.3) is 0 Å². The maximum absolute atomic E-state index is 12.2. The van der Waals surface area contributed by atoms with Crippen LogP contribution in [-0.2, 0) is 0 Å². The smallest absolute Gasteiger partial charge is 0.274 e. The van der Waals surface area contributed by atoms with Gasteiger partial charge in [0.25, 0.3) is 5.91 Å². The summed E-state index contributed by atoms with van der Waals surface area (Å²) in [6, 6.07) is 10.4. The van der Waals surface area contributed by atoms with Crippen LogP contribution in [0.4, 0.5) is 11.5 Å². The minimum Gasteiger partial charge on any atom is -0.493 e. The van der Waals surface area contributed by atoms with Crippen molar-refractivity contribution >= 4 is 17.4 Å². The molecule has 1 aromatic heterocycles. The number of ether oxygens (including phenoxy) is 2. The number of benzene rings is 1. The van der Waals surface area contributed by atoms with Crippen molar-refractivity contribution in [1.29, 1.82) is 0 Å². The minimum atomic E-state index is -0.292. The number of amides is 1. The first-order chi connectivity index (χ1) is 10.2. The maximum Gasteiger partial charge on any atom is 0.274 e. The summed E-state index contributed by atoms with van der Waals surface area (Å²) in [7, 11) is 4.85. The van der Waals surface area contributed by atoms with Crippen LogP contribution >= 0.6 is 0 Å². The Morgan fingerprint density at radius 1 is 1.10 bits per heavy atom. The fourth-order valence-corrected chi connectivity index (χ4v) is 1.81. The summed E-state index contributed by atoms with van der Waals surface area (Å²) in [4.78, 5) is 16.3. The average Bonchev–Trinajstić information content (AvgIpc) is 2.54. The molecule has 0 radical (unpaired) electrons. The van der Waals surface area contributed by atoms with Crippen LogP contribution in [0.2, 0.25) is 0 Å². The third-order valence-electron chi connectivity index (χ3n) is 2.88. The SMILES string of the molecule is CNc1cccc(C(=O)Nc2ccc(OC)c(OC)c2)n1. The number of nitrogens with one attached hydrogen (secondary N) is 2. The van der Waals surface area contributed by atoms with Crippen LogP contribution in [0.3, 0.4) is 0 Å². The van der Waals surface area contributed by atoms with Gasteiger partial charge in [0.05, 0.1) is 14.2 Å². The molecule has 1 heterocycles. The van der Waals surface area contributed by atoms with E-state index < -0.39 is 0 Å². The normalized spacial score (nSPS) is 9.86. The molecule has 0 aliphatic rings. The predicted octanol–water partition coefficient (Wildman–Crippen LogP) is 2.39. The van der Waals surface area contributed by atoms with E-state index >= 15 is 0 Å². The van der Waals surface area contributed by atoms with E-state index in [-0.39, 0.29) is 5.91 Å². The molecule has 0 fully saturated rings. The van der Waals surface area contributed by atoms with Crippen molar-refractivity contribution in [2.75, 3.05) is 31.9 Å². The summed E-state index contributed by atoms with van der Waals surface area (Å²) in [6.07, 6.45) is 0. The van der Waals surface area contributed by atoms with E-state index in [0.29, 0.717) is 28.7 Å². The molecular weight excluding hydrogens is 270 g/mol. The molecule has 0 aliphatic heterocycles. The molecule has 0 saturated heterocycles. The fraction of sp³-hybridized carbons (Fsp3) is 0.200. The second-order valence-electron chi connectivity index (χ2n) is 4.18. The number of hydrogen-bond acceptors (Lipinski definition) is 5. The van der Waals surface area contributed by atoms with E-state index in [1.54, 1.807) is 57.7 Å². The van der Waals surface area contributed by atoms with E-state index in [9.17, 15) is 4.79 Å². The molecule has 110 valence electrons. The first-order valence-corrected chi connectivity index (χ1v) is 6.36. The third-order valence-corrected chi connectivity index (χ3v) is 2.88. The largest absolute Gasteiger partial charge is 0.493 e. The lowest BCUT2D eigenvalue weighted by Crippen LogP contribution is -2.14. The number of nitrogens with zero attached hydrogens (tertiary/aromatic N) is 1. The van der Waals surface area contributed by atoms with Gasteiger partial charge in [-0.2, -0.15) is 0 Å². The van der Waals surface area contributed by atoms with E-state index in [1.165, 1.54) is 0 Å². The van der Waals surface area contributed by atoms with Crippen molar-refractivity contribution in [3.8, 4) is 11.5 Å². The Hall–Kier alpha value is -2.76. The number of aromatic nitrogens is 1. The van der Waals surface area contributed by atoms with E-state index in [1.807, 2.05) is 0 Å². The van der Waals surface area contributed by atoms with Crippen molar-refractivity contribution in [3.63, 3.8) is 0 Å². The Bertz CT molecular complexity index is 644. The highest BCUT2D eigenvalue weighted by molar-refractivity contribution is 6.03. The van der Waals surface area contributed by atoms with Gasteiger partial charge in [-0.25, -0.2) is 4.98 Å². The van der Waals surface area contributed by atoms with Gasteiger partial charge < -0.3 is 20.1 Å². The van der Waals surface area contributed by atoms with Crippen molar-refractivity contribution in [1.82, 2.24) is 4.98 Å². The van der Waals surface area contributed by atoms with Gasteiger partial charge in [-0.1, -0.05) is 6.07 Å². The first kappa shape index (κ1) is 14.6. The van der Waals surface area contributed by atoms with Crippen molar-refractivity contribution < 1.29 is 14.3 Å². The summed E-state index contributed by atoms with van der Waals surface area (Å²) >= 11 is 0. The number of carbonyl (C=O) groups excluding carboxylic acids is 1. The van der Waals surface area contributed by atoms with Crippen LogP contribution < -0.4 is 20.1 Å². The van der Waals surface area contributed by atoms with Gasteiger partial charge in [0, 0.05) is 18.8 Å². The molecule has 1 amide bonds. The van der Waals surface area contributed by atoms with Crippen LogP contribution in [0.15, 0.2) is 36.4 Å². The topological polar surface area (TPSA) is 72.5 Å². The van der Waals surface area contributed by atoms with Crippen LogP contribution in [0.1, 0.15) is 10.5 Å². The molecule has 0 unspecified atom stereocenters. The maximum atomic E-state index is 12.2. The molecule has 2 rings (SSSR count). The predicted molar refractivity (Wildman–Crippen MR) is 81.3 cm³/mol. The highest BCUT2D eigenvalue weighted by Gasteiger charge is 2.10. The molecule has 0 spiro atoms. The lowest BCUT2D eigenvalue weighted by Gasteiger charge is -2.10. The third kappa shape index (κ3) is 3.42. The first-order valence-electron chi connectivity index (χ1n) is 6.36. The van der Waals surface area contributed by atoms with Gasteiger partial charge in [-0.15, -0.1) is 0 Å². The van der Waals surface area contributed by atoms with Crippen LogP contribution in [0, 0.1) is 0 Å². The van der Waals surface area contributed by atoms with Gasteiger partial charge in [0.2, 0.25) is 0 Å². The minimum absolute atomic E-state index is 0.292. The molecule has 2 aromatic rings. The van der Waals surface area contributed by atoms with Crippen LogP contribution in [-0.4, -0.2) is 32.2 Å². The number of methoxy groups -OCH3 is 2. The molecule has 21 heavy (non-hydrogen) atoms. The number of rotatable bonds is 5. The van der Waals surface area contributed by atoms with E-state index in [2.05, 4.69) is 15.6 Å². The van der Waals surface area contributed by atoms with Crippen molar-refractivity contribution in [3.05, 3.63) is 42.1 Å². The average molecular weight is 287 g/mol. The van der Waals surface area contributed by atoms with E-state index in [4.69, 9.17) is 9.47 Å². The van der Waals surface area contributed by atoms with Crippen molar-refractivity contribution in [2.24, 2.45) is 0 Å². The quantitative estimate of drug-likeness (QED) is 0.883. The molecule has 0 aliphatic carbocycles. The molecular formula is C15H17N3O3. The van der Waals surface area contributed by atoms with E-state index in [0.717, 1.165) is 0 Å². The Kier molecular flexibility index (Phi) is 4.61. The number of hydrogen-bond donors (Lipinski definition) is 2. The highest BCUT2D eigenvalue weighted by Crippen LogP contribution is 2.29. The lowest BCUT2D eigenvalue weighted by atomic mass is 10.2. The molecule has 0 saturated carbocycles. The zero-order chi connectivity index (χ0) is 15.2. The summed E-state index contributed by atoms with van der Waals surface area (Å²) in [5, 5.41) is 5.66. The van der Waals surface area contributed by atoms with Gasteiger partial charge in [-0.3, -0.25) is 4.79 Å². The zero-order valence-corrected chi connectivity index (χ0v) is 12.1. The van der Waals surface area contributed by atoms with Gasteiger partial charge in [0.1, 0.15) is 11.5 Å². The second-order valence-corrected chi connectivity index (χ2v) is 4.18. The molecule has 0 bridgehead atoms. The van der Waals surface area contributed by atoms with Gasteiger partial charge >= 0.3 is 0 Å². The Balaban J connectivity index is 2.19. The van der Waals surface area contributed by atoms with Gasteiger partial charge in [0.15, 0.2) is 11.5 Å². The zero-order valence-electron chi connectivity index (χ0n) is 12.1. The molecule has 6 heteroatoms. The Morgan fingerprint density at radius 3 is 2.52 bits per heavy atom. The lowest BCUT2D eigenvalue weighted by molar-refractivity contribution is 0.102. The summed E-state index contributed by atoms with van der Waals surface area (Å²) < 4.78 is 10.4. The summed E-state index contributed by atoms with van der Waals surface area (Å²) in [6.45, 7) is 0. The fourth-order valence-electron chi connectivity index (χ4n) is 1.81. The highest BCUT2D eigenvalue weighted by atomic mass is 16.5. The molecule has 0 atom stereocenters. The Morgan fingerprint density at radius 2 is 1.86 bits per heavy atom. The molecule has 6 nitrogen and oxygen atoms in total. The Labute approximate surface area is 123 Å². The number of carbonyl (C=O) groups is 1. The number of anilines is 2. The second kappa shape index (κ2) is 6.60. The van der Waals surface area contributed by atoms with Crippen molar-refractivity contribution in [2.45, 2.75) is 0 Å². The summed E-state index contributed by atoms with van der Waals surface area (Å²) in [5.41, 5.74) is 0.936. The monoisotopic (exact) mass is 287 g/mol. The molecule has 2 N–H and O–H groups in total. The van der Waals surface area contributed by atoms with Crippen LogP contribution in [0.5, 0.6) is 11.5 Å². The number of pyridine rings is 1. The van der Waals surface area contributed by atoms with Gasteiger partial charge in [-0.05, 0) is 24.3 Å². The summed E-state index contributed by atoms with van der Waals surface area (Å²) in [5.74, 6) is 1.49.